The van der Waals surface area contributed by atoms with Crippen molar-refractivity contribution < 1.29 is 9.47 Å². The van der Waals surface area contributed by atoms with E-state index in [2.05, 4.69) is 15.2 Å². The SMILES string of the molecule is CN=C(NCCCOC)N1CCC(Oc2ccccc2)CC1. The van der Waals surface area contributed by atoms with Gasteiger partial charge in [-0.25, -0.2) is 0 Å². The molecular weight excluding hydrogens is 278 g/mol. The first-order valence-electron chi connectivity index (χ1n) is 7.99. The molecule has 0 spiro atoms. The molecule has 2 rings (SSSR count). The number of nitrogens with zero attached hydrogens (tertiary/aromatic N) is 2. The molecule has 0 amide bonds. The van der Waals surface area contributed by atoms with E-state index in [-0.39, 0.29) is 0 Å². The molecule has 0 unspecified atom stereocenters. The molecule has 122 valence electrons. The van der Waals surface area contributed by atoms with Crippen molar-refractivity contribution in [1.29, 1.82) is 0 Å². The summed E-state index contributed by atoms with van der Waals surface area (Å²) in [5.74, 6) is 1.94. The molecule has 1 aromatic rings. The minimum Gasteiger partial charge on any atom is -0.490 e. The lowest BCUT2D eigenvalue weighted by Crippen LogP contribution is -2.47. The van der Waals surface area contributed by atoms with E-state index in [0.717, 1.165) is 57.2 Å². The van der Waals surface area contributed by atoms with Gasteiger partial charge in [-0.2, -0.15) is 0 Å². The van der Waals surface area contributed by atoms with Crippen molar-refractivity contribution in [2.24, 2.45) is 4.99 Å². The van der Waals surface area contributed by atoms with Crippen molar-refractivity contribution in [3.8, 4) is 5.75 Å². The number of hydrogen-bond acceptors (Lipinski definition) is 3. The number of likely N-dealkylation sites (tertiary alicyclic amines) is 1. The summed E-state index contributed by atoms with van der Waals surface area (Å²) in [7, 11) is 3.57. The van der Waals surface area contributed by atoms with E-state index >= 15 is 0 Å². The molecule has 0 radical (unpaired) electrons. The Morgan fingerprint density at radius 3 is 2.64 bits per heavy atom. The number of benzene rings is 1. The standard InChI is InChI=1S/C17H27N3O2/c1-18-17(19-11-6-14-21-2)20-12-9-16(10-13-20)22-15-7-4-3-5-8-15/h3-5,7-8,16H,6,9-14H2,1-2H3,(H,18,19). The van der Waals surface area contributed by atoms with Gasteiger partial charge in [-0.05, 0) is 18.6 Å². The van der Waals surface area contributed by atoms with Gasteiger partial charge in [0.15, 0.2) is 5.96 Å². The Morgan fingerprint density at radius 1 is 1.27 bits per heavy atom. The van der Waals surface area contributed by atoms with Crippen molar-refractivity contribution in [1.82, 2.24) is 10.2 Å². The molecule has 1 aromatic carbocycles. The zero-order valence-corrected chi connectivity index (χ0v) is 13.6. The average Bonchev–Trinajstić information content (AvgIpc) is 2.57. The van der Waals surface area contributed by atoms with E-state index in [0.29, 0.717) is 6.10 Å². The lowest BCUT2D eigenvalue weighted by atomic mass is 10.1. The molecule has 5 nitrogen and oxygen atoms in total. The third-order valence-corrected chi connectivity index (χ3v) is 3.81. The maximum absolute atomic E-state index is 6.03. The fraction of sp³-hybridized carbons (Fsp3) is 0.588. The monoisotopic (exact) mass is 305 g/mol. The summed E-state index contributed by atoms with van der Waals surface area (Å²) in [6, 6.07) is 10.1. The Balaban J connectivity index is 1.73. The molecule has 0 saturated carbocycles. The normalized spacial score (nSPS) is 16.6. The second-order valence-corrected chi connectivity index (χ2v) is 5.44. The summed E-state index contributed by atoms with van der Waals surface area (Å²) in [6.07, 6.45) is 3.33. The van der Waals surface area contributed by atoms with Crippen LogP contribution >= 0.6 is 0 Å². The number of ether oxygens (including phenoxy) is 2. The fourth-order valence-electron chi connectivity index (χ4n) is 2.63. The zero-order chi connectivity index (χ0) is 15.6. The smallest absolute Gasteiger partial charge is 0.193 e. The molecule has 1 aliphatic rings. The summed E-state index contributed by atoms with van der Waals surface area (Å²) in [5, 5.41) is 3.39. The van der Waals surface area contributed by atoms with Crippen LogP contribution in [0.2, 0.25) is 0 Å². The van der Waals surface area contributed by atoms with Gasteiger partial charge in [0.25, 0.3) is 0 Å². The lowest BCUT2D eigenvalue weighted by Gasteiger charge is -2.34. The van der Waals surface area contributed by atoms with Crippen LogP contribution in [0.3, 0.4) is 0 Å². The van der Waals surface area contributed by atoms with Crippen LogP contribution in [0.5, 0.6) is 5.75 Å². The Hall–Kier alpha value is -1.75. The lowest BCUT2D eigenvalue weighted by molar-refractivity contribution is 0.129. The zero-order valence-electron chi connectivity index (χ0n) is 13.6. The third-order valence-electron chi connectivity index (χ3n) is 3.81. The van der Waals surface area contributed by atoms with Gasteiger partial charge < -0.3 is 19.7 Å². The number of hydrogen-bond donors (Lipinski definition) is 1. The maximum atomic E-state index is 6.03. The molecule has 1 aliphatic heterocycles. The highest BCUT2D eigenvalue weighted by Crippen LogP contribution is 2.18. The van der Waals surface area contributed by atoms with Crippen LogP contribution in [0.15, 0.2) is 35.3 Å². The highest BCUT2D eigenvalue weighted by molar-refractivity contribution is 5.79. The molecule has 1 N–H and O–H groups in total. The third kappa shape index (κ3) is 5.22. The van der Waals surface area contributed by atoms with Crippen molar-refractivity contribution in [2.45, 2.75) is 25.4 Å². The molecular formula is C17H27N3O2. The van der Waals surface area contributed by atoms with E-state index in [1.165, 1.54) is 0 Å². The van der Waals surface area contributed by atoms with Gasteiger partial charge >= 0.3 is 0 Å². The number of methoxy groups -OCH3 is 1. The van der Waals surface area contributed by atoms with Gasteiger partial charge in [0, 0.05) is 53.2 Å². The summed E-state index contributed by atoms with van der Waals surface area (Å²) >= 11 is 0. The summed E-state index contributed by atoms with van der Waals surface area (Å²) in [6.45, 7) is 3.61. The summed E-state index contributed by atoms with van der Waals surface area (Å²) in [4.78, 5) is 6.67. The number of piperidine rings is 1. The first-order chi connectivity index (χ1) is 10.8. The fourth-order valence-corrected chi connectivity index (χ4v) is 2.63. The van der Waals surface area contributed by atoms with Crippen LogP contribution < -0.4 is 10.1 Å². The first kappa shape index (κ1) is 16.6. The molecule has 0 aromatic heterocycles. The van der Waals surface area contributed by atoms with Gasteiger partial charge in [0.1, 0.15) is 11.9 Å². The molecule has 0 aliphatic carbocycles. The topological polar surface area (TPSA) is 46.1 Å². The Bertz CT molecular complexity index is 442. The summed E-state index contributed by atoms with van der Waals surface area (Å²) in [5.41, 5.74) is 0. The van der Waals surface area contributed by atoms with E-state index in [9.17, 15) is 0 Å². The van der Waals surface area contributed by atoms with E-state index in [1.807, 2.05) is 37.4 Å². The van der Waals surface area contributed by atoms with Crippen molar-refractivity contribution in [3.63, 3.8) is 0 Å². The predicted octanol–water partition coefficient (Wildman–Crippen LogP) is 2.14. The van der Waals surface area contributed by atoms with Crippen LogP contribution in [0.25, 0.3) is 0 Å². The number of para-hydroxylation sites is 1. The maximum Gasteiger partial charge on any atom is 0.193 e. The Morgan fingerprint density at radius 2 is 2.00 bits per heavy atom. The molecule has 1 saturated heterocycles. The van der Waals surface area contributed by atoms with Gasteiger partial charge in [-0.15, -0.1) is 0 Å². The quantitative estimate of drug-likeness (QED) is 0.497. The van der Waals surface area contributed by atoms with Crippen molar-refractivity contribution in [2.75, 3.05) is 40.4 Å². The molecule has 0 bridgehead atoms. The van der Waals surface area contributed by atoms with Gasteiger partial charge in [0.2, 0.25) is 0 Å². The van der Waals surface area contributed by atoms with E-state index in [4.69, 9.17) is 9.47 Å². The molecule has 22 heavy (non-hydrogen) atoms. The van der Waals surface area contributed by atoms with E-state index < -0.39 is 0 Å². The number of nitrogens with one attached hydrogen (secondary N) is 1. The van der Waals surface area contributed by atoms with Crippen molar-refractivity contribution in [3.05, 3.63) is 30.3 Å². The van der Waals surface area contributed by atoms with Crippen LogP contribution in [0.4, 0.5) is 0 Å². The average molecular weight is 305 g/mol. The van der Waals surface area contributed by atoms with Crippen molar-refractivity contribution >= 4 is 5.96 Å². The van der Waals surface area contributed by atoms with Crippen LogP contribution in [-0.2, 0) is 4.74 Å². The predicted molar refractivity (Wildman–Crippen MR) is 89.5 cm³/mol. The highest BCUT2D eigenvalue weighted by atomic mass is 16.5. The molecule has 5 heteroatoms. The Labute approximate surface area is 133 Å². The first-order valence-corrected chi connectivity index (χ1v) is 7.99. The molecule has 0 atom stereocenters. The molecule has 1 heterocycles. The molecule has 1 fully saturated rings. The largest absolute Gasteiger partial charge is 0.490 e. The van der Waals surface area contributed by atoms with Crippen LogP contribution in [0.1, 0.15) is 19.3 Å². The number of rotatable bonds is 6. The number of guanidine groups is 1. The van der Waals surface area contributed by atoms with Gasteiger partial charge in [0.05, 0.1) is 0 Å². The van der Waals surface area contributed by atoms with Crippen LogP contribution in [-0.4, -0.2) is 57.4 Å². The van der Waals surface area contributed by atoms with Crippen LogP contribution in [0, 0.1) is 0 Å². The van der Waals surface area contributed by atoms with Gasteiger partial charge in [-0.3, -0.25) is 4.99 Å². The second kappa shape index (κ2) is 9.30. The highest BCUT2D eigenvalue weighted by Gasteiger charge is 2.22. The minimum atomic E-state index is 0.297. The Kier molecular flexibility index (Phi) is 7.03. The second-order valence-electron chi connectivity index (χ2n) is 5.44. The minimum absolute atomic E-state index is 0.297. The van der Waals surface area contributed by atoms with Gasteiger partial charge in [-0.1, -0.05) is 18.2 Å². The number of aliphatic imine (C=N–C) groups is 1. The summed E-state index contributed by atoms with van der Waals surface area (Å²) < 4.78 is 11.1. The van der Waals surface area contributed by atoms with E-state index in [1.54, 1.807) is 7.11 Å².